The van der Waals surface area contributed by atoms with Crippen LogP contribution < -0.4 is 11.5 Å². The Morgan fingerprint density at radius 2 is 1.68 bits per heavy atom. The third kappa shape index (κ3) is 2.67. The second-order valence-electron chi connectivity index (χ2n) is 5.88. The van der Waals surface area contributed by atoms with Gasteiger partial charge in [0.2, 0.25) is 0 Å². The minimum absolute atomic E-state index is 0.0516. The van der Waals surface area contributed by atoms with Crippen LogP contribution in [0.25, 0.3) is 11.4 Å². The lowest BCUT2D eigenvalue weighted by atomic mass is 9.88. The standard InChI is InChI=1S/C13H20N6/c1-8(13(2,3)4)19-12(16-17-18-19)9-5-10(14)7-11(15)6-9/h5-8H,14-15H2,1-4H3. The normalized spacial score (nSPS) is 13.5. The van der Waals surface area contributed by atoms with Gasteiger partial charge in [0.05, 0.1) is 6.04 Å². The molecule has 19 heavy (non-hydrogen) atoms. The maximum Gasteiger partial charge on any atom is 0.182 e. The maximum atomic E-state index is 5.82. The maximum absolute atomic E-state index is 5.82. The van der Waals surface area contributed by atoms with Crippen LogP contribution in [0, 0.1) is 5.41 Å². The number of benzene rings is 1. The van der Waals surface area contributed by atoms with Gasteiger partial charge in [-0.05, 0) is 41.0 Å². The molecule has 1 aromatic heterocycles. The Balaban J connectivity index is 2.50. The minimum atomic E-state index is 0.0516. The smallest absolute Gasteiger partial charge is 0.182 e. The molecule has 0 fully saturated rings. The van der Waals surface area contributed by atoms with Gasteiger partial charge in [0.15, 0.2) is 5.82 Å². The minimum Gasteiger partial charge on any atom is -0.399 e. The summed E-state index contributed by atoms with van der Waals surface area (Å²) >= 11 is 0. The van der Waals surface area contributed by atoms with E-state index in [4.69, 9.17) is 11.5 Å². The Labute approximate surface area is 112 Å². The zero-order valence-electron chi connectivity index (χ0n) is 11.8. The molecule has 0 radical (unpaired) electrons. The lowest BCUT2D eigenvalue weighted by Crippen LogP contribution is -2.23. The van der Waals surface area contributed by atoms with Crippen molar-refractivity contribution in [2.45, 2.75) is 33.7 Å². The molecule has 6 heteroatoms. The molecule has 0 saturated heterocycles. The first-order valence-corrected chi connectivity index (χ1v) is 6.23. The van der Waals surface area contributed by atoms with Gasteiger partial charge in [0.25, 0.3) is 0 Å². The highest BCUT2D eigenvalue weighted by atomic mass is 15.5. The van der Waals surface area contributed by atoms with Crippen molar-refractivity contribution >= 4 is 11.4 Å². The molecule has 4 N–H and O–H groups in total. The van der Waals surface area contributed by atoms with Crippen molar-refractivity contribution in [1.29, 1.82) is 0 Å². The molecule has 1 atom stereocenters. The zero-order valence-corrected chi connectivity index (χ0v) is 11.8. The first-order chi connectivity index (χ1) is 8.79. The van der Waals surface area contributed by atoms with Crippen molar-refractivity contribution in [3.63, 3.8) is 0 Å². The Hall–Kier alpha value is -2.11. The van der Waals surface area contributed by atoms with Gasteiger partial charge in [-0.2, -0.15) is 0 Å². The van der Waals surface area contributed by atoms with Gasteiger partial charge in [0.1, 0.15) is 0 Å². The third-order valence-corrected chi connectivity index (χ3v) is 3.35. The summed E-state index contributed by atoms with van der Waals surface area (Å²) in [6, 6.07) is 5.52. The molecular weight excluding hydrogens is 240 g/mol. The molecule has 1 unspecified atom stereocenters. The molecule has 2 aromatic rings. The molecule has 0 amide bonds. The SMILES string of the molecule is CC(n1nnnc1-c1cc(N)cc(N)c1)C(C)(C)C. The Morgan fingerprint density at radius 1 is 1.11 bits per heavy atom. The molecule has 0 aliphatic carbocycles. The second-order valence-corrected chi connectivity index (χ2v) is 5.88. The van der Waals surface area contributed by atoms with Crippen molar-refractivity contribution in [3.05, 3.63) is 18.2 Å². The summed E-state index contributed by atoms with van der Waals surface area (Å²) in [7, 11) is 0. The molecule has 0 aliphatic heterocycles. The number of hydrogen-bond acceptors (Lipinski definition) is 5. The van der Waals surface area contributed by atoms with Crippen LogP contribution in [0.4, 0.5) is 11.4 Å². The van der Waals surface area contributed by atoms with Crippen LogP contribution in [0.2, 0.25) is 0 Å². The van der Waals surface area contributed by atoms with Crippen molar-refractivity contribution in [2.24, 2.45) is 5.41 Å². The topological polar surface area (TPSA) is 95.6 Å². The molecule has 2 rings (SSSR count). The van der Waals surface area contributed by atoms with Crippen LogP contribution in [0.15, 0.2) is 18.2 Å². The van der Waals surface area contributed by atoms with Crippen LogP contribution in [-0.2, 0) is 0 Å². The largest absolute Gasteiger partial charge is 0.399 e. The van der Waals surface area contributed by atoms with Crippen LogP contribution >= 0.6 is 0 Å². The van der Waals surface area contributed by atoms with Gasteiger partial charge in [-0.1, -0.05) is 20.8 Å². The summed E-state index contributed by atoms with van der Waals surface area (Å²) in [6.45, 7) is 8.54. The van der Waals surface area contributed by atoms with Crippen LogP contribution in [0.5, 0.6) is 0 Å². The van der Waals surface area contributed by atoms with Gasteiger partial charge in [-0.15, -0.1) is 5.10 Å². The summed E-state index contributed by atoms with van der Waals surface area (Å²) in [5.74, 6) is 0.682. The van der Waals surface area contributed by atoms with Gasteiger partial charge in [-0.25, -0.2) is 4.68 Å². The van der Waals surface area contributed by atoms with E-state index in [0.29, 0.717) is 17.2 Å². The molecular formula is C13H20N6. The summed E-state index contributed by atoms with van der Waals surface area (Å²) in [5, 5.41) is 12.0. The third-order valence-electron chi connectivity index (χ3n) is 3.35. The number of rotatable bonds is 2. The summed E-state index contributed by atoms with van der Waals surface area (Å²) in [4.78, 5) is 0. The molecule has 102 valence electrons. The Bertz CT molecular complexity index is 561. The molecule has 0 saturated carbocycles. The number of anilines is 2. The average Bonchev–Trinajstić information content (AvgIpc) is 2.73. The van der Waals surface area contributed by atoms with E-state index >= 15 is 0 Å². The number of hydrogen-bond donors (Lipinski definition) is 2. The van der Waals surface area contributed by atoms with Crippen molar-refractivity contribution in [2.75, 3.05) is 11.5 Å². The first kappa shape index (κ1) is 13.3. The lowest BCUT2D eigenvalue weighted by Gasteiger charge is -2.27. The van der Waals surface area contributed by atoms with Crippen LogP contribution in [-0.4, -0.2) is 20.2 Å². The molecule has 0 bridgehead atoms. The van der Waals surface area contributed by atoms with Crippen molar-refractivity contribution in [1.82, 2.24) is 20.2 Å². The molecule has 6 nitrogen and oxygen atoms in total. The fourth-order valence-corrected chi connectivity index (χ4v) is 1.82. The van der Waals surface area contributed by atoms with Gasteiger partial charge >= 0.3 is 0 Å². The van der Waals surface area contributed by atoms with Crippen LogP contribution in [0.1, 0.15) is 33.7 Å². The van der Waals surface area contributed by atoms with E-state index in [-0.39, 0.29) is 11.5 Å². The van der Waals surface area contributed by atoms with Gasteiger partial charge in [0, 0.05) is 16.9 Å². The van der Waals surface area contributed by atoms with E-state index < -0.39 is 0 Å². The number of tetrazole rings is 1. The monoisotopic (exact) mass is 260 g/mol. The number of nitrogen functional groups attached to an aromatic ring is 2. The fraction of sp³-hybridized carbons (Fsp3) is 0.462. The zero-order chi connectivity index (χ0) is 14.2. The summed E-state index contributed by atoms with van der Waals surface area (Å²) in [6.07, 6.45) is 0. The van der Waals surface area contributed by atoms with Gasteiger partial charge in [-0.3, -0.25) is 0 Å². The van der Waals surface area contributed by atoms with E-state index in [0.717, 1.165) is 5.56 Å². The van der Waals surface area contributed by atoms with E-state index in [2.05, 4.69) is 43.2 Å². The average molecular weight is 260 g/mol. The molecule has 1 heterocycles. The first-order valence-electron chi connectivity index (χ1n) is 6.23. The number of nitrogens with zero attached hydrogens (tertiary/aromatic N) is 4. The lowest BCUT2D eigenvalue weighted by molar-refractivity contribution is 0.243. The molecule has 1 aromatic carbocycles. The Kier molecular flexibility index (Phi) is 3.18. The van der Waals surface area contributed by atoms with Gasteiger partial charge < -0.3 is 11.5 Å². The van der Waals surface area contributed by atoms with E-state index in [1.54, 1.807) is 6.07 Å². The second kappa shape index (κ2) is 4.53. The van der Waals surface area contributed by atoms with E-state index in [1.165, 1.54) is 0 Å². The number of aromatic nitrogens is 4. The van der Waals surface area contributed by atoms with E-state index in [1.807, 2.05) is 16.8 Å². The quantitative estimate of drug-likeness (QED) is 0.806. The van der Waals surface area contributed by atoms with Crippen molar-refractivity contribution in [3.8, 4) is 11.4 Å². The Morgan fingerprint density at radius 3 is 2.21 bits per heavy atom. The van der Waals surface area contributed by atoms with E-state index in [9.17, 15) is 0 Å². The highest BCUT2D eigenvalue weighted by Gasteiger charge is 2.25. The highest BCUT2D eigenvalue weighted by molar-refractivity contribution is 5.67. The van der Waals surface area contributed by atoms with Crippen molar-refractivity contribution < 1.29 is 0 Å². The summed E-state index contributed by atoms with van der Waals surface area (Å²) < 4.78 is 1.81. The predicted molar refractivity (Wildman–Crippen MR) is 76.2 cm³/mol. The molecule has 0 aliphatic rings. The fourth-order valence-electron chi connectivity index (χ4n) is 1.82. The van der Waals surface area contributed by atoms with Crippen LogP contribution in [0.3, 0.4) is 0 Å². The predicted octanol–water partition coefficient (Wildman–Crippen LogP) is 2.11. The number of nitrogens with two attached hydrogens (primary N) is 2. The summed E-state index contributed by atoms with van der Waals surface area (Å²) in [5.41, 5.74) is 13.7. The highest BCUT2D eigenvalue weighted by Crippen LogP contribution is 2.32. The molecule has 0 spiro atoms.